The molecule has 4 atom stereocenters. The van der Waals surface area contributed by atoms with Crippen LogP contribution in [0.4, 0.5) is 15.8 Å². The van der Waals surface area contributed by atoms with Crippen LogP contribution in [0, 0.1) is 11.7 Å². The molecule has 0 radical (unpaired) electrons. The monoisotopic (exact) mass is 562 g/mol. The van der Waals surface area contributed by atoms with Gasteiger partial charge in [-0.1, -0.05) is 66.2 Å². The summed E-state index contributed by atoms with van der Waals surface area (Å²) in [6, 6.07) is 25.3. The van der Waals surface area contributed by atoms with E-state index in [4.69, 9.17) is 11.6 Å². The Bertz CT molecular complexity index is 1800. The molecule has 0 aliphatic carbocycles. The van der Waals surface area contributed by atoms with Crippen molar-refractivity contribution < 1.29 is 18.8 Å². The maximum atomic E-state index is 14.7. The van der Waals surface area contributed by atoms with E-state index in [0.717, 1.165) is 16.8 Å². The number of ketones is 2. The van der Waals surface area contributed by atoms with Gasteiger partial charge in [0.25, 0.3) is 0 Å². The van der Waals surface area contributed by atoms with Crippen LogP contribution < -0.4 is 10.2 Å². The molecule has 3 aliphatic heterocycles. The smallest absolute Gasteiger partial charge is 0.238 e. The van der Waals surface area contributed by atoms with Crippen LogP contribution in [0.25, 0.3) is 5.57 Å². The fourth-order valence-corrected chi connectivity index (χ4v) is 7.23. The van der Waals surface area contributed by atoms with E-state index in [1.165, 1.54) is 24.3 Å². The van der Waals surface area contributed by atoms with Crippen molar-refractivity contribution in [2.24, 2.45) is 5.92 Å². The van der Waals surface area contributed by atoms with Crippen LogP contribution in [0.5, 0.6) is 0 Å². The van der Waals surface area contributed by atoms with Crippen molar-refractivity contribution in [3.63, 3.8) is 0 Å². The van der Waals surface area contributed by atoms with E-state index in [1.807, 2.05) is 66.4 Å². The topological polar surface area (TPSA) is 66.5 Å². The number of para-hydroxylation sites is 2. The number of hydrogen-bond donors (Lipinski definition) is 1. The zero-order valence-corrected chi connectivity index (χ0v) is 22.7. The fourth-order valence-electron chi connectivity index (χ4n) is 7.00. The number of nitrogens with one attached hydrogen (secondary N) is 1. The molecule has 202 valence electrons. The highest BCUT2D eigenvalue weighted by Gasteiger charge is 2.70. The predicted molar refractivity (Wildman–Crippen MR) is 157 cm³/mol. The Hall–Kier alpha value is -4.55. The lowest BCUT2D eigenvalue weighted by atomic mass is 9.64. The molecule has 1 amide bonds. The van der Waals surface area contributed by atoms with Crippen LogP contribution in [0.2, 0.25) is 5.02 Å². The van der Waals surface area contributed by atoms with Gasteiger partial charge in [-0.05, 0) is 66.6 Å². The average Bonchev–Trinajstić information content (AvgIpc) is 3.45. The number of halogens is 2. The summed E-state index contributed by atoms with van der Waals surface area (Å²) in [6.07, 6.45) is 1.99. The van der Waals surface area contributed by atoms with Crippen LogP contribution in [-0.4, -0.2) is 29.6 Å². The lowest BCUT2D eigenvalue weighted by Crippen LogP contribution is -2.51. The second-order valence-corrected chi connectivity index (χ2v) is 11.1. The molecular formula is C34H24ClFN2O3. The molecule has 7 heteroatoms. The number of benzene rings is 4. The van der Waals surface area contributed by atoms with E-state index in [-0.39, 0.29) is 27.8 Å². The van der Waals surface area contributed by atoms with Crippen molar-refractivity contribution in [1.29, 1.82) is 0 Å². The molecule has 0 unspecified atom stereocenters. The first-order valence-electron chi connectivity index (χ1n) is 13.4. The van der Waals surface area contributed by atoms with Crippen molar-refractivity contribution in [2.75, 3.05) is 10.2 Å². The molecule has 4 aromatic carbocycles. The molecule has 0 aromatic heterocycles. The molecule has 1 saturated heterocycles. The summed E-state index contributed by atoms with van der Waals surface area (Å²) in [7, 11) is 0. The molecule has 3 aliphatic rings. The minimum atomic E-state index is -1.45. The second-order valence-electron chi connectivity index (χ2n) is 10.7. The molecule has 1 spiro atoms. The number of anilines is 2. The van der Waals surface area contributed by atoms with E-state index in [9.17, 15) is 18.8 Å². The van der Waals surface area contributed by atoms with Gasteiger partial charge in [0, 0.05) is 28.1 Å². The number of carbonyl (C=O) groups excluding carboxylic acids is 3. The Morgan fingerprint density at radius 1 is 0.878 bits per heavy atom. The highest BCUT2D eigenvalue weighted by atomic mass is 35.5. The number of carbonyl (C=O) groups is 3. The maximum Gasteiger partial charge on any atom is 0.238 e. The van der Waals surface area contributed by atoms with Gasteiger partial charge in [0.15, 0.2) is 11.6 Å². The molecule has 4 aromatic rings. The Labute approximate surface area is 241 Å². The van der Waals surface area contributed by atoms with Crippen molar-refractivity contribution in [3.8, 4) is 0 Å². The van der Waals surface area contributed by atoms with Crippen molar-refractivity contribution in [1.82, 2.24) is 0 Å². The lowest BCUT2D eigenvalue weighted by Gasteiger charge is -2.39. The standard InChI is InChI=1S/C34H24ClFN2O3/c1-19-18-28-34(24-10-4-6-12-26(24)37-33(34)41)29(31(39)20-14-16-21(36)17-15-20)30(32(40)23-9-2-5-11-25(23)35)38(28)27-13-7-3-8-22(19)27/h2-18,28-30H,1H3,(H,37,41)/t28-,29-,30+,34+/m0/s1. The number of Topliss-reactive ketones (excluding diaryl/α,β-unsaturated/α-hetero) is 2. The van der Waals surface area contributed by atoms with Gasteiger partial charge in [0.1, 0.15) is 17.3 Å². The first-order valence-corrected chi connectivity index (χ1v) is 13.8. The Morgan fingerprint density at radius 3 is 2.34 bits per heavy atom. The molecule has 41 heavy (non-hydrogen) atoms. The minimum absolute atomic E-state index is 0.221. The molecule has 5 nitrogen and oxygen atoms in total. The van der Waals surface area contributed by atoms with Crippen molar-refractivity contribution >= 4 is 46.0 Å². The number of nitrogens with zero attached hydrogens (tertiary/aromatic N) is 1. The van der Waals surface area contributed by atoms with Gasteiger partial charge in [-0.2, -0.15) is 0 Å². The Kier molecular flexibility index (Phi) is 5.73. The van der Waals surface area contributed by atoms with Gasteiger partial charge in [-0.15, -0.1) is 0 Å². The minimum Gasteiger partial charge on any atom is -0.352 e. The zero-order valence-electron chi connectivity index (χ0n) is 22.0. The van der Waals surface area contributed by atoms with Gasteiger partial charge >= 0.3 is 0 Å². The normalized spacial score (nSPS) is 23.9. The van der Waals surface area contributed by atoms with Gasteiger partial charge in [-0.3, -0.25) is 14.4 Å². The molecule has 0 saturated carbocycles. The summed E-state index contributed by atoms with van der Waals surface area (Å²) in [5.41, 5.74) is 2.91. The number of hydrogen-bond acceptors (Lipinski definition) is 4. The molecule has 7 rings (SSSR count). The second kappa shape index (κ2) is 9.25. The van der Waals surface area contributed by atoms with Crippen LogP contribution in [0.3, 0.4) is 0 Å². The van der Waals surface area contributed by atoms with E-state index in [1.54, 1.807) is 24.3 Å². The molecule has 0 bridgehead atoms. The first-order chi connectivity index (χ1) is 19.8. The summed E-state index contributed by atoms with van der Waals surface area (Å²) in [4.78, 5) is 45.7. The first kappa shape index (κ1) is 25.4. The summed E-state index contributed by atoms with van der Waals surface area (Å²) in [5.74, 6) is -2.77. The van der Waals surface area contributed by atoms with Crippen molar-refractivity contribution in [2.45, 2.75) is 24.4 Å². The summed E-state index contributed by atoms with van der Waals surface area (Å²) >= 11 is 6.56. The fraction of sp³-hybridized carbons (Fsp3) is 0.147. The third-order valence-electron chi connectivity index (χ3n) is 8.70. The van der Waals surface area contributed by atoms with Gasteiger partial charge in [0.2, 0.25) is 5.91 Å². The van der Waals surface area contributed by atoms with Gasteiger partial charge in [0.05, 0.1) is 17.0 Å². The summed E-state index contributed by atoms with van der Waals surface area (Å²) < 4.78 is 13.9. The summed E-state index contributed by atoms with van der Waals surface area (Å²) in [5, 5.41) is 3.27. The molecule has 1 fully saturated rings. The van der Waals surface area contributed by atoms with Crippen LogP contribution in [0.1, 0.15) is 38.8 Å². The number of rotatable bonds is 4. The Morgan fingerprint density at radius 2 is 1.56 bits per heavy atom. The molecule has 3 heterocycles. The van der Waals surface area contributed by atoms with Crippen LogP contribution in [0.15, 0.2) is 103 Å². The third kappa shape index (κ3) is 3.50. The van der Waals surface area contributed by atoms with Crippen LogP contribution in [-0.2, 0) is 10.2 Å². The molecule has 1 N–H and O–H groups in total. The highest BCUT2D eigenvalue weighted by Crippen LogP contribution is 2.59. The molecular weight excluding hydrogens is 539 g/mol. The van der Waals surface area contributed by atoms with Crippen molar-refractivity contribution in [3.05, 3.63) is 136 Å². The van der Waals surface area contributed by atoms with E-state index in [2.05, 4.69) is 5.32 Å². The number of allylic oxidation sites excluding steroid dienone is 1. The largest absolute Gasteiger partial charge is 0.352 e. The third-order valence-corrected chi connectivity index (χ3v) is 9.03. The van der Waals surface area contributed by atoms with E-state index < -0.39 is 35.0 Å². The van der Waals surface area contributed by atoms with E-state index in [0.29, 0.717) is 11.3 Å². The van der Waals surface area contributed by atoms with Gasteiger partial charge < -0.3 is 10.2 Å². The SMILES string of the molecule is CC1=C[C@@H]2N(c3ccccc31)[C@@H](C(=O)c1ccccc1Cl)[C@@H](C(=O)c1ccc(F)cc1)[C@]21C(=O)Nc2ccccc21. The van der Waals surface area contributed by atoms with Gasteiger partial charge in [-0.25, -0.2) is 4.39 Å². The van der Waals surface area contributed by atoms with E-state index >= 15 is 0 Å². The van der Waals surface area contributed by atoms with Crippen LogP contribution >= 0.6 is 11.6 Å². The Balaban J connectivity index is 1.57. The average molecular weight is 563 g/mol. The summed E-state index contributed by atoms with van der Waals surface area (Å²) in [6.45, 7) is 1.97. The lowest BCUT2D eigenvalue weighted by molar-refractivity contribution is -0.121. The highest BCUT2D eigenvalue weighted by molar-refractivity contribution is 6.34. The quantitative estimate of drug-likeness (QED) is 0.280. The predicted octanol–water partition coefficient (Wildman–Crippen LogP) is 6.73. The zero-order chi connectivity index (χ0) is 28.5. The number of amides is 1. The number of fused-ring (bicyclic) bond motifs is 6. The maximum absolute atomic E-state index is 14.7.